The molecule has 0 aromatic heterocycles. The number of methoxy groups -OCH3 is 1. The van der Waals surface area contributed by atoms with E-state index in [9.17, 15) is 19.7 Å². The lowest BCUT2D eigenvalue weighted by molar-refractivity contribution is -0.384. The zero-order valence-electron chi connectivity index (χ0n) is 8.81. The number of alkyl halides is 1. The minimum atomic E-state index is -0.725. The highest BCUT2D eigenvalue weighted by Gasteiger charge is 2.17. The van der Waals surface area contributed by atoms with E-state index in [1.165, 1.54) is 6.07 Å². The summed E-state index contributed by atoms with van der Waals surface area (Å²) in [7, 11) is 1.16. The van der Waals surface area contributed by atoms with Gasteiger partial charge in [0.15, 0.2) is 5.78 Å². The number of esters is 1. The van der Waals surface area contributed by atoms with Crippen LogP contribution in [-0.2, 0) is 4.74 Å². The first-order valence-electron chi connectivity index (χ1n) is 4.46. The monoisotopic (exact) mass is 301 g/mol. The van der Waals surface area contributed by atoms with E-state index in [4.69, 9.17) is 0 Å². The molecule has 0 aliphatic carbocycles. The number of benzene rings is 1. The summed E-state index contributed by atoms with van der Waals surface area (Å²) in [5.41, 5.74) is -0.250. The number of non-ortho nitro benzene ring substituents is 1. The van der Waals surface area contributed by atoms with Crippen molar-refractivity contribution in [1.82, 2.24) is 0 Å². The molecule has 0 bridgehead atoms. The average molecular weight is 302 g/mol. The second-order valence-electron chi connectivity index (χ2n) is 3.07. The number of hydrogen-bond acceptors (Lipinski definition) is 5. The molecule has 7 heteroatoms. The summed E-state index contributed by atoms with van der Waals surface area (Å²) >= 11 is 2.96. The molecule has 0 spiro atoms. The van der Waals surface area contributed by atoms with Crippen LogP contribution in [0.25, 0.3) is 0 Å². The number of Topliss-reactive ketones (excluding diaryl/α,β-unsaturated/α-hetero) is 1. The topological polar surface area (TPSA) is 86.5 Å². The van der Waals surface area contributed by atoms with E-state index >= 15 is 0 Å². The van der Waals surface area contributed by atoms with Gasteiger partial charge in [0.05, 0.1) is 22.9 Å². The molecule has 0 atom stereocenters. The minimum Gasteiger partial charge on any atom is -0.465 e. The maximum Gasteiger partial charge on any atom is 0.338 e. The molecule has 1 aromatic carbocycles. The predicted octanol–water partition coefficient (Wildman–Crippen LogP) is 1.96. The van der Waals surface area contributed by atoms with Crippen molar-refractivity contribution in [3.8, 4) is 0 Å². The number of carbonyl (C=O) groups is 2. The van der Waals surface area contributed by atoms with Gasteiger partial charge in [0.1, 0.15) is 0 Å². The molecule has 0 heterocycles. The van der Waals surface area contributed by atoms with Crippen molar-refractivity contribution < 1.29 is 19.2 Å². The SMILES string of the molecule is COC(=O)c1cc(C(=O)CBr)cc([N+](=O)[O-])c1. The van der Waals surface area contributed by atoms with Gasteiger partial charge < -0.3 is 4.74 Å². The van der Waals surface area contributed by atoms with Gasteiger partial charge in [-0.05, 0) is 6.07 Å². The van der Waals surface area contributed by atoms with Crippen LogP contribution in [0.3, 0.4) is 0 Å². The molecule has 17 heavy (non-hydrogen) atoms. The van der Waals surface area contributed by atoms with Crippen LogP contribution in [0.15, 0.2) is 18.2 Å². The molecule has 6 nitrogen and oxygen atoms in total. The van der Waals surface area contributed by atoms with Gasteiger partial charge in [-0.2, -0.15) is 0 Å². The van der Waals surface area contributed by atoms with Crippen LogP contribution in [0.2, 0.25) is 0 Å². The molecule has 0 unspecified atom stereocenters. The minimum absolute atomic E-state index is 0.0222. The largest absolute Gasteiger partial charge is 0.465 e. The van der Waals surface area contributed by atoms with Crippen molar-refractivity contribution in [2.45, 2.75) is 0 Å². The van der Waals surface area contributed by atoms with E-state index in [1.54, 1.807) is 0 Å². The number of carbonyl (C=O) groups excluding carboxylic acids is 2. The van der Waals surface area contributed by atoms with Gasteiger partial charge >= 0.3 is 5.97 Å². The molecule has 0 amide bonds. The summed E-state index contributed by atoms with van der Waals surface area (Å²) in [4.78, 5) is 32.7. The zero-order valence-corrected chi connectivity index (χ0v) is 10.4. The Labute approximate surface area is 105 Å². The molecule has 0 N–H and O–H groups in total. The standard InChI is InChI=1S/C10H8BrNO5/c1-17-10(14)7-2-6(9(13)5-11)3-8(4-7)12(15)16/h2-4H,5H2,1H3. The Morgan fingerprint density at radius 1 is 1.35 bits per heavy atom. The van der Waals surface area contributed by atoms with Crippen LogP contribution in [0.4, 0.5) is 5.69 Å². The maximum atomic E-state index is 11.4. The van der Waals surface area contributed by atoms with E-state index in [2.05, 4.69) is 20.7 Å². The number of halogens is 1. The Morgan fingerprint density at radius 2 is 1.94 bits per heavy atom. The molecule has 1 rings (SSSR count). The van der Waals surface area contributed by atoms with Crippen LogP contribution in [0, 0.1) is 10.1 Å². The van der Waals surface area contributed by atoms with Gasteiger partial charge in [-0.3, -0.25) is 14.9 Å². The third-order valence-electron chi connectivity index (χ3n) is 1.99. The Hall–Kier alpha value is -1.76. The molecule has 0 aliphatic rings. The molecular formula is C10H8BrNO5. The highest BCUT2D eigenvalue weighted by atomic mass is 79.9. The van der Waals surface area contributed by atoms with Gasteiger partial charge in [0, 0.05) is 17.7 Å². The van der Waals surface area contributed by atoms with Crippen LogP contribution in [-0.4, -0.2) is 29.1 Å². The summed E-state index contributed by atoms with van der Waals surface area (Å²) < 4.78 is 4.45. The number of rotatable bonds is 4. The molecule has 0 saturated carbocycles. The Morgan fingerprint density at radius 3 is 2.41 bits per heavy atom. The van der Waals surface area contributed by atoms with Crippen LogP contribution >= 0.6 is 15.9 Å². The molecule has 0 radical (unpaired) electrons. The Bertz CT molecular complexity index is 451. The second-order valence-corrected chi connectivity index (χ2v) is 3.63. The summed E-state index contributed by atoms with van der Waals surface area (Å²) in [6.45, 7) is 0. The van der Waals surface area contributed by atoms with Gasteiger partial charge in [-0.25, -0.2) is 4.79 Å². The molecule has 0 fully saturated rings. The molecule has 90 valence electrons. The second kappa shape index (κ2) is 5.53. The van der Waals surface area contributed by atoms with E-state index in [0.29, 0.717) is 0 Å². The Kier molecular flexibility index (Phi) is 4.33. The van der Waals surface area contributed by atoms with Crippen molar-refractivity contribution in [1.29, 1.82) is 0 Å². The van der Waals surface area contributed by atoms with Crippen LogP contribution in [0.5, 0.6) is 0 Å². The van der Waals surface area contributed by atoms with E-state index < -0.39 is 10.9 Å². The first-order chi connectivity index (χ1) is 7.99. The lowest BCUT2D eigenvalue weighted by atomic mass is 10.1. The van der Waals surface area contributed by atoms with Crippen molar-refractivity contribution in [2.24, 2.45) is 0 Å². The summed E-state index contributed by atoms with van der Waals surface area (Å²) in [6, 6.07) is 3.45. The fourth-order valence-corrected chi connectivity index (χ4v) is 1.51. The smallest absolute Gasteiger partial charge is 0.338 e. The number of hydrogen-bond donors (Lipinski definition) is 0. The molecule has 0 saturated heterocycles. The fraction of sp³-hybridized carbons (Fsp3) is 0.200. The number of nitro groups is 1. The van der Waals surface area contributed by atoms with Gasteiger partial charge in [0.25, 0.3) is 5.69 Å². The number of ether oxygens (including phenoxy) is 1. The van der Waals surface area contributed by atoms with E-state index in [0.717, 1.165) is 19.2 Å². The lowest BCUT2D eigenvalue weighted by Crippen LogP contribution is -2.07. The highest BCUT2D eigenvalue weighted by molar-refractivity contribution is 9.09. The average Bonchev–Trinajstić information content (AvgIpc) is 2.36. The highest BCUT2D eigenvalue weighted by Crippen LogP contribution is 2.19. The van der Waals surface area contributed by atoms with Crippen molar-refractivity contribution in [3.63, 3.8) is 0 Å². The molecule has 0 aliphatic heterocycles. The maximum absolute atomic E-state index is 11.4. The number of ketones is 1. The van der Waals surface area contributed by atoms with Crippen LogP contribution in [0.1, 0.15) is 20.7 Å². The van der Waals surface area contributed by atoms with E-state index in [-0.39, 0.29) is 27.9 Å². The molecular weight excluding hydrogens is 294 g/mol. The predicted molar refractivity (Wildman–Crippen MR) is 62.6 cm³/mol. The summed E-state index contributed by atoms with van der Waals surface area (Å²) in [5, 5.41) is 10.7. The number of nitrogens with zero attached hydrogens (tertiary/aromatic N) is 1. The van der Waals surface area contributed by atoms with Crippen molar-refractivity contribution >= 4 is 33.4 Å². The van der Waals surface area contributed by atoms with Gasteiger partial charge in [-0.15, -0.1) is 0 Å². The third kappa shape index (κ3) is 3.10. The van der Waals surface area contributed by atoms with E-state index in [1.807, 2.05) is 0 Å². The summed E-state index contributed by atoms with van der Waals surface area (Å²) in [6.07, 6.45) is 0. The van der Waals surface area contributed by atoms with Gasteiger partial charge in [-0.1, -0.05) is 15.9 Å². The normalized spacial score (nSPS) is 9.76. The zero-order chi connectivity index (χ0) is 13.0. The van der Waals surface area contributed by atoms with Crippen LogP contribution < -0.4 is 0 Å². The Balaban J connectivity index is 3.33. The quantitative estimate of drug-likeness (QED) is 0.279. The first kappa shape index (κ1) is 13.3. The fourth-order valence-electron chi connectivity index (χ4n) is 1.19. The van der Waals surface area contributed by atoms with Gasteiger partial charge in [0.2, 0.25) is 0 Å². The summed E-state index contributed by atoms with van der Waals surface area (Å²) in [5.74, 6) is -1.07. The van der Waals surface area contributed by atoms with Crippen molar-refractivity contribution in [3.05, 3.63) is 39.4 Å². The third-order valence-corrected chi connectivity index (χ3v) is 2.50. The first-order valence-corrected chi connectivity index (χ1v) is 5.58. The lowest BCUT2D eigenvalue weighted by Gasteiger charge is -2.02. The molecule has 1 aromatic rings. The van der Waals surface area contributed by atoms with Crippen molar-refractivity contribution in [2.75, 3.05) is 12.4 Å². The number of nitro benzene ring substituents is 1.